The normalized spacial score (nSPS) is 12.0. The second kappa shape index (κ2) is 5.82. The summed E-state index contributed by atoms with van der Waals surface area (Å²) in [4.78, 5) is 12.1. The molecule has 2 rings (SSSR count). The van der Waals surface area contributed by atoms with Gasteiger partial charge in [-0.15, -0.1) is 0 Å². The van der Waals surface area contributed by atoms with Crippen molar-refractivity contribution >= 4 is 5.78 Å². The minimum absolute atomic E-state index is 0.175. The number of halogens is 2. The van der Waals surface area contributed by atoms with Gasteiger partial charge in [0.1, 0.15) is 17.4 Å². The highest BCUT2D eigenvalue weighted by Gasteiger charge is 2.20. The molecule has 2 nitrogen and oxygen atoms in total. The molecule has 104 valence electrons. The number of carbonyl (C=O) groups is 1. The van der Waals surface area contributed by atoms with E-state index in [0.29, 0.717) is 11.8 Å². The third kappa shape index (κ3) is 3.20. The molecule has 1 atom stereocenters. The lowest BCUT2D eigenvalue weighted by atomic mass is 10.1. The Labute approximate surface area is 116 Å². The summed E-state index contributed by atoms with van der Waals surface area (Å²) in [6, 6.07) is 10.0. The lowest BCUT2D eigenvalue weighted by Gasteiger charge is -2.14. The molecule has 0 radical (unpaired) electrons. The van der Waals surface area contributed by atoms with Gasteiger partial charge in [0, 0.05) is 6.07 Å². The maximum Gasteiger partial charge on any atom is 0.205 e. The average Bonchev–Trinajstić information content (AvgIpc) is 2.40. The molecule has 0 spiro atoms. The summed E-state index contributed by atoms with van der Waals surface area (Å²) in [6.07, 6.45) is -0.849. The van der Waals surface area contributed by atoms with Crippen LogP contribution in [-0.4, -0.2) is 11.9 Å². The minimum atomic E-state index is -0.880. The van der Waals surface area contributed by atoms with Gasteiger partial charge in [-0.1, -0.05) is 17.7 Å². The highest BCUT2D eigenvalue weighted by atomic mass is 19.1. The highest BCUT2D eigenvalue weighted by Crippen LogP contribution is 2.17. The third-order valence-electron chi connectivity index (χ3n) is 2.90. The SMILES string of the molecule is Cc1ccc(OC(C)C(=O)c2ccc(F)cc2F)cc1. The molecular weight excluding hydrogens is 262 g/mol. The second-order valence-corrected chi connectivity index (χ2v) is 4.56. The lowest BCUT2D eigenvalue weighted by molar-refractivity contribution is 0.0813. The maximum absolute atomic E-state index is 13.5. The number of benzene rings is 2. The van der Waals surface area contributed by atoms with Gasteiger partial charge in [-0.2, -0.15) is 0 Å². The molecule has 4 heteroatoms. The first-order chi connectivity index (χ1) is 9.47. The van der Waals surface area contributed by atoms with Gasteiger partial charge in [0.2, 0.25) is 5.78 Å². The zero-order valence-corrected chi connectivity index (χ0v) is 11.2. The van der Waals surface area contributed by atoms with Crippen LogP contribution in [0.2, 0.25) is 0 Å². The van der Waals surface area contributed by atoms with Crippen molar-refractivity contribution in [1.82, 2.24) is 0 Å². The molecule has 0 amide bonds. The first-order valence-electron chi connectivity index (χ1n) is 6.20. The number of ketones is 1. The largest absolute Gasteiger partial charge is 0.483 e. The van der Waals surface area contributed by atoms with Crippen molar-refractivity contribution in [3.63, 3.8) is 0 Å². The summed E-state index contributed by atoms with van der Waals surface area (Å²) in [5.41, 5.74) is 0.895. The van der Waals surface area contributed by atoms with Crippen LogP contribution in [0.1, 0.15) is 22.8 Å². The van der Waals surface area contributed by atoms with Crippen molar-refractivity contribution < 1.29 is 18.3 Å². The molecule has 0 N–H and O–H groups in total. The van der Waals surface area contributed by atoms with E-state index in [1.54, 1.807) is 12.1 Å². The number of hydrogen-bond acceptors (Lipinski definition) is 2. The van der Waals surface area contributed by atoms with Crippen molar-refractivity contribution in [2.45, 2.75) is 20.0 Å². The summed E-state index contributed by atoms with van der Waals surface area (Å²) in [7, 11) is 0. The Balaban J connectivity index is 2.14. The van der Waals surface area contributed by atoms with Gasteiger partial charge in [0.25, 0.3) is 0 Å². The van der Waals surface area contributed by atoms with Crippen molar-refractivity contribution in [3.05, 3.63) is 65.2 Å². The molecule has 2 aromatic carbocycles. The standard InChI is InChI=1S/C16H14F2O2/c1-10-3-6-13(7-4-10)20-11(2)16(19)14-8-5-12(17)9-15(14)18/h3-9,11H,1-2H3. The summed E-state index contributed by atoms with van der Waals surface area (Å²) in [5.74, 6) is -1.59. The van der Waals surface area contributed by atoms with Crippen LogP contribution < -0.4 is 4.74 Å². The van der Waals surface area contributed by atoms with E-state index in [1.807, 2.05) is 19.1 Å². The second-order valence-electron chi connectivity index (χ2n) is 4.56. The maximum atomic E-state index is 13.5. The zero-order chi connectivity index (χ0) is 14.7. The molecule has 0 heterocycles. The summed E-state index contributed by atoms with van der Waals surface area (Å²) < 4.78 is 31.8. The van der Waals surface area contributed by atoms with Crippen LogP contribution >= 0.6 is 0 Å². The number of carbonyl (C=O) groups excluding carboxylic acids is 1. The van der Waals surface area contributed by atoms with Crippen molar-refractivity contribution in [2.75, 3.05) is 0 Å². The van der Waals surface area contributed by atoms with Gasteiger partial charge in [0.15, 0.2) is 6.10 Å². The average molecular weight is 276 g/mol. The fraction of sp³-hybridized carbons (Fsp3) is 0.188. The minimum Gasteiger partial charge on any atom is -0.483 e. The quantitative estimate of drug-likeness (QED) is 0.791. The van der Waals surface area contributed by atoms with Crippen LogP contribution in [0.3, 0.4) is 0 Å². The van der Waals surface area contributed by atoms with E-state index < -0.39 is 23.5 Å². The van der Waals surface area contributed by atoms with Gasteiger partial charge in [-0.05, 0) is 38.1 Å². The van der Waals surface area contributed by atoms with Gasteiger partial charge < -0.3 is 4.74 Å². The van der Waals surface area contributed by atoms with Gasteiger partial charge in [0.05, 0.1) is 5.56 Å². The van der Waals surface area contributed by atoms with Crippen molar-refractivity contribution in [1.29, 1.82) is 0 Å². The van der Waals surface area contributed by atoms with Crippen LogP contribution in [-0.2, 0) is 0 Å². The van der Waals surface area contributed by atoms with Crippen LogP contribution in [0.5, 0.6) is 5.75 Å². The van der Waals surface area contributed by atoms with Gasteiger partial charge >= 0.3 is 0 Å². The fourth-order valence-electron chi connectivity index (χ4n) is 1.78. The predicted molar refractivity (Wildman–Crippen MR) is 72.0 cm³/mol. The Hall–Kier alpha value is -2.23. The van der Waals surface area contributed by atoms with Crippen LogP contribution in [0.25, 0.3) is 0 Å². The number of hydrogen-bond donors (Lipinski definition) is 0. The van der Waals surface area contributed by atoms with Gasteiger partial charge in [-0.3, -0.25) is 4.79 Å². The molecule has 2 aromatic rings. The predicted octanol–water partition coefficient (Wildman–Crippen LogP) is 3.92. The highest BCUT2D eigenvalue weighted by molar-refractivity contribution is 5.99. The summed E-state index contributed by atoms with van der Waals surface area (Å²) >= 11 is 0. The Morgan fingerprint density at radius 3 is 2.35 bits per heavy atom. The van der Waals surface area contributed by atoms with E-state index in [-0.39, 0.29) is 5.56 Å². The van der Waals surface area contributed by atoms with Crippen LogP contribution in [0, 0.1) is 18.6 Å². The lowest BCUT2D eigenvalue weighted by Crippen LogP contribution is -2.24. The van der Waals surface area contributed by atoms with E-state index in [0.717, 1.165) is 17.7 Å². The number of Topliss-reactive ketones (excluding diaryl/α,β-unsaturated/α-hetero) is 1. The van der Waals surface area contributed by atoms with Crippen molar-refractivity contribution in [2.24, 2.45) is 0 Å². The van der Waals surface area contributed by atoms with Crippen LogP contribution in [0.15, 0.2) is 42.5 Å². The molecule has 0 aliphatic heterocycles. The smallest absolute Gasteiger partial charge is 0.205 e. The topological polar surface area (TPSA) is 26.3 Å². The molecule has 0 aliphatic carbocycles. The molecule has 0 aliphatic rings. The molecular formula is C16H14F2O2. The van der Waals surface area contributed by atoms with Gasteiger partial charge in [-0.25, -0.2) is 8.78 Å². The molecule has 0 bridgehead atoms. The first kappa shape index (κ1) is 14.2. The molecule has 20 heavy (non-hydrogen) atoms. The van der Waals surface area contributed by atoms with Crippen LogP contribution in [0.4, 0.5) is 8.78 Å². The fourth-order valence-corrected chi connectivity index (χ4v) is 1.78. The Kier molecular flexibility index (Phi) is 4.13. The molecule has 1 unspecified atom stereocenters. The number of ether oxygens (including phenoxy) is 1. The third-order valence-corrected chi connectivity index (χ3v) is 2.90. The van der Waals surface area contributed by atoms with E-state index >= 15 is 0 Å². The van der Waals surface area contributed by atoms with Crippen molar-refractivity contribution in [3.8, 4) is 5.75 Å². The molecule has 0 saturated carbocycles. The molecule has 0 fully saturated rings. The zero-order valence-electron chi connectivity index (χ0n) is 11.2. The van der Waals surface area contributed by atoms with E-state index in [4.69, 9.17) is 4.74 Å². The molecule has 0 aromatic heterocycles. The van der Waals surface area contributed by atoms with E-state index in [1.165, 1.54) is 6.92 Å². The summed E-state index contributed by atoms with van der Waals surface area (Å²) in [6.45, 7) is 3.47. The summed E-state index contributed by atoms with van der Waals surface area (Å²) in [5, 5.41) is 0. The Bertz CT molecular complexity index is 621. The molecule has 0 saturated heterocycles. The van der Waals surface area contributed by atoms with E-state index in [9.17, 15) is 13.6 Å². The number of aryl methyl sites for hydroxylation is 1. The Morgan fingerprint density at radius 1 is 1.10 bits per heavy atom. The van der Waals surface area contributed by atoms with E-state index in [2.05, 4.69) is 0 Å². The monoisotopic (exact) mass is 276 g/mol. The number of rotatable bonds is 4. The Morgan fingerprint density at radius 2 is 1.75 bits per heavy atom. The first-order valence-corrected chi connectivity index (χ1v) is 6.20.